The quantitative estimate of drug-likeness (QED) is 0.281. The average molecular weight is 568 g/mol. The Balaban J connectivity index is 0.000000187. The number of esters is 2. The average Bonchev–Trinajstić information content (AvgIpc) is 3.40. The van der Waals surface area contributed by atoms with Gasteiger partial charge in [0, 0.05) is 7.47 Å². The lowest BCUT2D eigenvalue weighted by Crippen LogP contribution is -2.48. The van der Waals surface area contributed by atoms with E-state index < -0.39 is 35.8 Å². The van der Waals surface area contributed by atoms with Crippen LogP contribution >= 0.6 is 0 Å². The van der Waals surface area contributed by atoms with Gasteiger partial charge in [0.1, 0.15) is 0 Å². The number of carboxylic acid groups (broad SMARTS) is 2. The Morgan fingerprint density at radius 3 is 1.54 bits per heavy atom. The highest BCUT2D eigenvalue weighted by Crippen LogP contribution is 2.34. The molecule has 2 saturated carbocycles. The zero-order valence-corrected chi connectivity index (χ0v) is 22.4. The zero-order valence-electron chi connectivity index (χ0n) is 22.4. The van der Waals surface area contributed by atoms with Gasteiger partial charge in [-0.2, -0.15) is 0 Å². The minimum absolute atomic E-state index is 0. The molecule has 2 heterocycles. The van der Waals surface area contributed by atoms with Crippen LogP contribution in [0.1, 0.15) is 94.2 Å². The maximum Gasteiger partial charge on any atom is 0.346 e. The minimum atomic E-state index is -0.925. The number of aliphatic carboxylic acids is 2. The van der Waals surface area contributed by atoms with Gasteiger partial charge in [0.15, 0.2) is 0 Å². The number of carbonyl (C=O) groups excluding carboxylic acids is 4. The fourth-order valence-corrected chi connectivity index (χ4v) is 5.72. The first-order chi connectivity index (χ1) is 19.6. The van der Waals surface area contributed by atoms with Crippen LogP contribution in [0.5, 0.6) is 0 Å². The molecule has 0 spiro atoms. The Labute approximate surface area is 237 Å². The van der Waals surface area contributed by atoms with Crippen LogP contribution in [-0.4, -0.2) is 62.9 Å². The Bertz CT molecular complexity index is 1310. The number of cyclic esters (lactones) is 2. The van der Waals surface area contributed by atoms with E-state index in [0.29, 0.717) is 35.1 Å². The molecule has 2 aromatic rings. The summed E-state index contributed by atoms with van der Waals surface area (Å²) in [6.45, 7) is 0. The first kappa shape index (κ1) is 29.6. The van der Waals surface area contributed by atoms with Crippen molar-refractivity contribution in [2.75, 3.05) is 0 Å². The molecule has 4 atom stereocenters. The van der Waals surface area contributed by atoms with E-state index in [1.165, 1.54) is 4.90 Å². The normalized spacial score (nSPS) is 24.7. The molecule has 218 valence electrons. The van der Waals surface area contributed by atoms with Crippen LogP contribution in [0.2, 0.25) is 0 Å². The van der Waals surface area contributed by atoms with E-state index in [1.807, 2.05) is 0 Å². The maximum atomic E-state index is 12.4. The van der Waals surface area contributed by atoms with E-state index in [1.54, 1.807) is 48.5 Å². The van der Waals surface area contributed by atoms with Crippen LogP contribution in [-0.2, 0) is 14.3 Å². The topological polar surface area (TPSA) is 181 Å². The first-order valence-electron chi connectivity index (χ1n) is 13.7. The summed E-state index contributed by atoms with van der Waals surface area (Å²) in [5, 5.41) is 17.9. The van der Waals surface area contributed by atoms with Gasteiger partial charge in [0.05, 0.1) is 40.1 Å². The molecule has 6 rings (SSSR count). The summed E-state index contributed by atoms with van der Waals surface area (Å²) in [4.78, 5) is 69.5. The Kier molecular flexibility index (Phi) is 9.28. The fraction of sp³-hybridized carbons (Fsp3) is 0.400. The van der Waals surface area contributed by atoms with Crippen molar-refractivity contribution in [2.45, 2.75) is 63.5 Å². The molecule has 2 aromatic carbocycles. The molecule has 0 aromatic heterocycles. The second-order valence-electron chi connectivity index (χ2n) is 10.4. The van der Waals surface area contributed by atoms with Crippen LogP contribution in [0.25, 0.3) is 0 Å². The third kappa shape index (κ3) is 6.35. The molecule has 11 nitrogen and oxygen atoms in total. The number of imide groups is 1. The van der Waals surface area contributed by atoms with Crippen molar-refractivity contribution in [3.8, 4) is 0 Å². The zero-order chi connectivity index (χ0) is 29.7. The van der Waals surface area contributed by atoms with E-state index in [-0.39, 0.29) is 25.2 Å². The van der Waals surface area contributed by atoms with Crippen molar-refractivity contribution < 1.29 is 45.1 Å². The lowest BCUT2D eigenvalue weighted by Gasteiger charge is -2.34. The summed E-state index contributed by atoms with van der Waals surface area (Å²) in [6, 6.07) is 12.6. The highest BCUT2D eigenvalue weighted by Gasteiger charge is 2.45. The predicted molar refractivity (Wildman–Crippen MR) is 146 cm³/mol. The van der Waals surface area contributed by atoms with Crippen LogP contribution in [0.4, 0.5) is 0 Å². The molecule has 0 saturated heterocycles. The third-order valence-corrected chi connectivity index (χ3v) is 7.89. The number of carboxylic acids is 2. The molecule has 41 heavy (non-hydrogen) atoms. The summed E-state index contributed by atoms with van der Waals surface area (Å²) in [6.07, 6.45) is 6.51. The number of rotatable bonds is 3. The number of hydrogen-bond acceptors (Lipinski definition) is 8. The number of ether oxygens (including phenoxy) is 1. The van der Waals surface area contributed by atoms with Gasteiger partial charge in [-0.1, -0.05) is 49.9 Å². The number of nitrogens with two attached hydrogens (primary N) is 1. The number of benzene rings is 2. The summed E-state index contributed by atoms with van der Waals surface area (Å²) in [5.74, 6) is -4.40. The Morgan fingerprint density at radius 1 is 0.683 bits per heavy atom. The predicted octanol–water partition coefficient (Wildman–Crippen LogP) is 3.76. The highest BCUT2D eigenvalue weighted by molar-refractivity contribution is 6.21. The lowest BCUT2D eigenvalue weighted by atomic mass is 9.83. The molecule has 2 fully saturated rings. The third-order valence-electron chi connectivity index (χ3n) is 7.89. The van der Waals surface area contributed by atoms with Crippen molar-refractivity contribution in [2.24, 2.45) is 17.6 Å². The number of nitrogens with zero attached hydrogens (tertiary/aromatic N) is 1. The smallest absolute Gasteiger partial charge is 0.346 e. The lowest BCUT2D eigenvalue weighted by molar-refractivity contribution is -0.145. The molecule has 0 unspecified atom stereocenters. The van der Waals surface area contributed by atoms with Gasteiger partial charge in [-0.3, -0.25) is 24.1 Å². The summed E-state index contributed by atoms with van der Waals surface area (Å²) < 4.78 is 4.35. The maximum absolute atomic E-state index is 12.4. The number of amides is 2. The van der Waals surface area contributed by atoms with Gasteiger partial charge < -0.3 is 20.7 Å². The van der Waals surface area contributed by atoms with E-state index in [2.05, 4.69) is 4.74 Å². The standard InChI is InChI=1S/C15H15NO4.C8H4O3.C7H13NO2.H2/c17-13-9-5-1-2-6-10(9)14(18)16(13)12-8-4-3-7-11(12)15(19)20;9-7-5-3-1-2-4-6(5)8(10)11-7;8-6-4-2-1-3-5(6)7(9)10;/h1-2,5-6,11-12H,3-4,7-8H2,(H,19,20);1-4H;5-6H,1-4,8H2,(H,9,10);1H/t11-,12-;;5-,6-;/m1.1./s1/i;;;1+1. The molecule has 4 aliphatic rings. The highest BCUT2D eigenvalue weighted by atomic mass is 16.6. The first-order valence-corrected chi connectivity index (χ1v) is 13.7. The van der Waals surface area contributed by atoms with Crippen molar-refractivity contribution >= 4 is 35.7 Å². The van der Waals surface area contributed by atoms with E-state index in [0.717, 1.165) is 38.5 Å². The molecule has 2 aliphatic heterocycles. The molecular formula is C30H34N2O9. The summed E-state index contributed by atoms with van der Waals surface area (Å²) in [7, 11) is 0. The van der Waals surface area contributed by atoms with Crippen LogP contribution in [0, 0.1) is 11.8 Å². The number of hydrogen-bond donors (Lipinski definition) is 3. The van der Waals surface area contributed by atoms with E-state index in [4.69, 9.17) is 10.8 Å². The molecule has 4 N–H and O–H groups in total. The largest absolute Gasteiger partial charge is 0.481 e. The molecule has 0 bridgehead atoms. The van der Waals surface area contributed by atoms with Gasteiger partial charge in [-0.15, -0.1) is 0 Å². The Hall–Kier alpha value is -4.38. The van der Waals surface area contributed by atoms with Crippen molar-refractivity contribution in [3.05, 3.63) is 70.8 Å². The van der Waals surface area contributed by atoms with Crippen molar-refractivity contribution in [3.63, 3.8) is 0 Å². The van der Waals surface area contributed by atoms with Gasteiger partial charge in [0.25, 0.3) is 11.8 Å². The van der Waals surface area contributed by atoms with E-state index in [9.17, 15) is 33.9 Å². The fourth-order valence-electron chi connectivity index (χ4n) is 5.72. The summed E-state index contributed by atoms with van der Waals surface area (Å²) >= 11 is 0. The Morgan fingerprint density at radius 2 is 1.10 bits per heavy atom. The van der Waals surface area contributed by atoms with Gasteiger partial charge in [0.2, 0.25) is 0 Å². The second-order valence-corrected chi connectivity index (χ2v) is 10.4. The minimum Gasteiger partial charge on any atom is -0.481 e. The SMILES string of the molecule is N[C@@H]1CCCC[C@H]1C(=O)O.O=C(O)[C@@H]1CCCC[C@H]1N1C(=O)c2ccccc2C1=O.O=C1OC(=O)c2ccccc21.[2HH]. The van der Waals surface area contributed by atoms with Crippen molar-refractivity contribution in [1.82, 2.24) is 4.90 Å². The summed E-state index contributed by atoms with van der Waals surface area (Å²) in [5.41, 5.74) is 7.08. The number of fused-ring (bicyclic) bond motifs is 2. The second kappa shape index (κ2) is 12.9. The molecule has 11 heteroatoms. The molecule has 2 amide bonds. The van der Waals surface area contributed by atoms with Crippen molar-refractivity contribution in [1.29, 1.82) is 0 Å². The van der Waals surface area contributed by atoms with Gasteiger partial charge in [-0.25, -0.2) is 9.59 Å². The van der Waals surface area contributed by atoms with Crippen LogP contribution in [0.15, 0.2) is 48.5 Å². The van der Waals surface area contributed by atoms with E-state index >= 15 is 0 Å². The van der Waals surface area contributed by atoms with Gasteiger partial charge in [-0.05, 0) is 49.9 Å². The van der Waals surface area contributed by atoms with Crippen LogP contribution < -0.4 is 5.73 Å². The van der Waals surface area contributed by atoms with Gasteiger partial charge >= 0.3 is 23.9 Å². The monoisotopic (exact) mass is 567 g/mol. The van der Waals surface area contributed by atoms with Crippen LogP contribution in [0.3, 0.4) is 0 Å². The molecule has 2 aliphatic carbocycles. The number of carbonyl (C=O) groups is 6. The molecular weight excluding hydrogens is 532 g/mol. The molecule has 0 radical (unpaired) electrons.